The van der Waals surface area contributed by atoms with Crippen LogP contribution in [0, 0.1) is 6.92 Å². The number of carbonyl (C=O) groups is 1. The molecule has 0 atom stereocenters. The molecule has 1 aromatic rings. The van der Waals surface area contributed by atoms with E-state index in [1.165, 1.54) is 0 Å². The SMILES string of the molecule is Cc1cc(B2OC(C)(C)C(C)(C)O2)cc(C(=O)N2CCS(=O)(=O)CC2)c1. The van der Waals surface area contributed by atoms with Crippen LogP contribution in [0.15, 0.2) is 18.2 Å². The first-order chi connectivity index (χ1) is 11.9. The van der Waals surface area contributed by atoms with E-state index in [-0.39, 0.29) is 30.5 Å². The zero-order chi connectivity index (χ0) is 19.3. The van der Waals surface area contributed by atoms with Crippen LogP contribution in [0.3, 0.4) is 0 Å². The maximum Gasteiger partial charge on any atom is 0.494 e. The molecule has 26 heavy (non-hydrogen) atoms. The first-order valence-electron chi connectivity index (χ1n) is 8.87. The number of sulfone groups is 1. The maximum atomic E-state index is 12.8. The highest BCUT2D eigenvalue weighted by Gasteiger charge is 2.51. The van der Waals surface area contributed by atoms with Gasteiger partial charge >= 0.3 is 7.12 Å². The van der Waals surface area contributed by atoms with Gasteiger partial charge in [0.05, 0.1) is 22.7 Å². The van der Waals surface area contributed by atoms with Crippen molar-refractivity contribution in [2.24, 2.45) is 0 Å². The minimum absolute atomic E-state index is 0.0225. The van der Waals surface area contributed by atoms with Crippen LogP contribution < -0.4 is 5.46 Å². The van der Waals surface area contributed by atoms with Crippen LogP contribution in [0.1, 0.15) is 43.6 Å². The van der Waals surface area contributed by atoms with Gasteiger partial charge in [0.1, 0.15) is 0 Å². The average Bonchev–Trinajstić information content (AvgIpc) is 2.74. The van der Waals surface area contributed by atoms with Crippen molar-refractivity contribution in [1.82, 2.24) is 4.90 Å². The van der Waals surface area contributed by atoms with Gasteiger partial charge in [0.2, 0.25) is 0 Å². The molecule has 0 aromatic heterocycles. The second kappa shape index (κ2) is 6.35. The number of benzene rings is 1. The van der Waals surface area contributed by atoms with E-state index in [1.54, 1.807) is 11.0 Å². The predicted octanol–water partition coefficient (Wildman–Crippen LogP) is 1.16. The van der Waals surface area contributed by atoms with Gasteiger partial charge in [0, 0.05) is 18.7 Å². The molecule has 1 amide bonds. The molecule has 1 aromatic carbocycles. The zero-order valence-corrected chi connectivity index (χ0v) is 16.9. The molecule has 0 radical (unpaired) electrons. The van der Waals surface area contributed by atoms with Crippen molar-refractivity contribution in [3.05, 3.63) is 29.3 Å². The van der Waals surface area contributed by atoms with Crippen LogP contribution in [-0.2, 0) is 19.1 Å². The number of hydrogen-bond donors (Lipinski definition) is 0. The second-order valence-corrected chi connectivity index (χ2v) is 10.5. The van der Waals surface area contributed by atoms with Crippen molar-refractivity contribution in [2.45, 2.75) is 45.8 Å². The van der Waals surface area contributed by atoms with Gasteiger partial charge in [-0.25, -0.2) is 8.42 Å². The molecule has 0 saturated carbocycles. The third-order valence-corrected chi connectivity index (χ3v) is 7.11. The summed E-state index contributed by atoms with van der Waals surface area (Å²) < 4.78 is 35.3. The molecule has 142 valence electrons. The van der Waals surface area contributed by atoms with Crippen molar-refractivity contribution < 1.29 is 22.5 Å². The second-order valence-electron chi connectivity index (χ2n) is 8.16. The number of amides is 1. The standard InChI is InChI=1S/C18H26BNO5S/c1-13-10-14(16(21)20-6-8-26(22,23)9-7-20)12-15(11-13)19-24-17(2,3)18(4,5)25-19/h10-12H,6-9H2,1-5H3. The molecule has 2 saturated heterocycles. The van der Waals surface area contributed by atoms with Gasteiger partial charge in [-0.2, -0.15) is 0 Å². The molecule has 6 nitrogen and oxygen atoms in total. The third-order valence-electron chi connectivity index (χ3n) is 5.50. The summed E-state index contributed by atoms with van der Waals surface area (Å²) in [6, 6.07) is 5.57. The lowest BCUT2D eigenvalue weighted by molar-refractivity contribution is 0.00578. The van der Waals surface area contributed by atoms with Crippen molar-refractivity contribution in [3.8, 4) is 0 Å². The Labute approximate surface area is 155 Å². The van der Waals surface area contributed by atoms with Crippen LogP contribution in [0.4, 0.5) is 0 Å². The summed E-state index contributed by atoms with van der Waals surface area (Å²) in [7, 11) is -3.55. The molecule has 0 bridgehead atoms. The summed E-state index contributed by atoms with van der Waals surface area (Å²) in [5.74, 6) is -0.107. The number of rotatable bonds is 2. The van der Waals surface area contributed by atoms with Gasteiger partial charge in [0.15, 0.2) is 9.84 Å². The van der Waals surface area contributed by atoms with Gasteiger partial charge in [-0.05, 0) is 52.2 Å². The van der Waals surface area contributed by atoms with E-state index in [0.717, 1.165) is 11.0 Å². The zero-order valence-electron chi connectivity index (χ0n) is 16.0. The average molecular weight is 379 g/mol. The van der Waals surface area contributed by atoms with Gasteiger partial charge in [0.25, 0.3) is 5.91 Å². The molecule has 3 rings (SSSR count). The van der Waals surface area contributed by atoms with Gasteiger partial charge in [-0.15, -0.1) is 0 Å². The smallest absolute Gasteiger partial charge is 0.399 e. The van der Waals surface area contributed by atoms with E-state index in [1.807, 2.05) is 46.8 Å². The van der Waals surface area contributed by atoms with Crippen molar-refractivity contribution in [1.29, 1.82) is 0 Å². The normalized spacial score (nSPS) is 23.9. The summed E-state index contributed by atoms with van der Waals surface area (Å²) >= 11 is 0. The van der Waals surface area contributed by atoms with E-state index >= 15 is 0 Å². The maximum absolute atomic E-state index is 12.8. The van der Waals surface area contributed by atoms with Crippen LogP contribution in [0.2, 0.25) is 0 Å². The molecular weight excluding hydrogens is 353 g/mol. The van der Waals surface area contributed by atoms with E-state index < -0.39 is 28.2 Å². The number of carbonyl (C=O) groups excluding carboxylic acids is 1. The van der Waals surface area contributed by atoms with Crippen molar-refractivity contribution in [3.63, 3.8) is 0 Å². The first kappa shape index (κ1) is 19.4. The lowest BCUT2D eigenvalue weighted by Gasteiger charge is -2.32. The van der Waals surface area contributed by atoms with Gasteiger partial charge in [-0.3, -0.25) is 4.79 Å². The Bertz CT molecular complexity index is 804. The predicted molar refractivity (Wildman–Crippen MR) is 101 cm³/mol. The topological polar surface area (TPSA) is 72.9 Å². The minimum Gasteiger partial charge on any atom is -0.399 e. The van der Waals surface area contributed by atoms with Crippen LogP contribution in [0.25, 0.3) is 0 Å². The van der Waals surface area contributed by atoms with Crippen molar-refractivity contribution in [2.75, 3.05) is 24.6 Å². The Kier molecular flexibility index (Phi) is 4.74. The van der Waals surface area contributed by atoms with Gasteiger partial charge in [-0.1, -0.05) is 11.6 Å². The highest BCUT2D eigenvalue weighted by molar-refractivity contribution is 7.91. The van der Waals surface area contributed by atoms with Crippen molar-refractivity contribution >= 4 is 28.3 Å². The molecule has 2 aliphatic rings. The van der Waals surface area contributed by atoms with E-state index in [4.69, 9.17) is 9.31 Å². The van der Waals surface area contributed by atoms with Crippen LogP contribution in [0.5, 0.6) is 0 Å². The Morgan fingerprint density at radius 1 is 1.04 bits per heavy atom. The summed E-state index contributed by atoms with van der Waals surface area (Å²) in [5.41, 5.74) is 1.37. The summed E-state index contributed by atoms with van der Waals surface area (Å²) in [4.78, 5) is 14.4. The largest absolute Gasteiger partial charge is 0.494 e. The summed E-state index contributed by atoms with van der Waals surface area (Å²) in [5, 5.41) is 0. The Hall–Kier alpha value is -1.38. The number of nitrogens with zero attached hydrogens (tertiary/aromatic N) is 1. The fourth-order valence-corrected chi connectivity index (χ4v) is 4.35. The molecule has 0 unspecified atom stereocenters. The number of aryl methyl sites for hydroxylation is 1. The van der Waals surface area contributed by atoms with Gasteiger partial charge < -0.3 is 14.2 Å². The quantitative estimate of drug-likeness (QED) is 0.722. The molecular formula is C18H26BNO5S. The first-order valence-corrected chi connectivity index (χ1v) is 10.7. The molecule has 2 aliphatic heterocycles. The molecule has 2 fully saturated rings. The monoisotopic (exact) mass is 379 g/mol. The number of hydrogen-bond acceptors (Lipinski definition) is 5. The minimum atomic E-state index is -3.02. The van der Waals surface area contributed by atoms with E-state index in [2.05, 4.69) is 0 Å². The van der Waals surface area contributed by atoms with E-state index in [0.29, 0.717) is 5.56 Å². The fourth-order valence-electron chi connectivity index (χ4n) is 3.15. The summed E-state index contributed by atoms with van der Waals surface area (Å²) in [6.07, 6.45) is 0. The lowest BCUT2D eigenvalue weighted by Crippen LogP contribution is -2.44. The highest BCUT2D eigenvalue weighted by atomic mass is 32.2. The third kappa shape index (κ3) is 3.68. The van der Waals surface area contributed by atoms with E-state index in [9.17, 15) is 13.2 Å². The fraction of sp³-hybridized carbons (Fsp3) is 0.611. The summed E-state index contributed by atoms with van der Waals surface area (Å²) in [6.45, 7) is 10.4. The van der Waals surface area contributed by atoms with Crippen LogP contribution >= 0.6 is 0 Å². The molecule has 8 heteroatoms. The lowest BCUT2D eigenvalue weighted by atomic mass is 9.77. The molecule has 0 spiro atoms. The van der Waals surface area contributed by atoms with Crippen LogP contribution in [-0.4, -0.2) is 62.1 Å². The molecule has 0 aliphatic carbocycles. The Morgan fingerprint density at radius 2 is 1.58 bits per heavy atom. The molecule has 2 heterocycles. The Morgan fingerprint density at radius 3 is 2.12 bits per heavy atom. The highest BCUT2D eigenvalue weighted by Crippen LogP contribution is 2.36. The molecule has 0 N–H and O–H groups in total. The Balaban J connectivity index is 1.84.